The van der Waals surface area contributed by atoms with E-state index in [0.717, 1.165) is 5.69 Å². The fraction of sp³-hybridized carbons (Fsp3) is 0. The van der Waals surface area contributed by atoms with Crippen LogP contribution in [0.4, 0.5) is 11.4 Å². The van der Waals surface area contributed by atoms with E-state index in [2.05, 4.69) is 10.3 Å². The minimum absolute atomic E-state index is 0.134. The van der Waals surface area contributed by atoms with Gasteiger partial charge in [0.25, 0.3) is 0 Å². The van der Waals surface area contributed by atoms with Crippen LogP contribution >= 0.6 is 11.6 Å². The molecule has 0 aliphatic rings. The van der Waals surface area contributed by atoms with Crippen LogP contribution in [0.25, 0.3) is 0 Å². The van der Waals surface area contributed by atoms with Gasteiger partial charge in [-0.25, -0.2) is 4.79 Å². The summed E-state index contributed by atoms with van der Waals surface area (Å²) in [6.45, 7) is 0. The predicted molar refractivity (Wildman–Crippen MR) is 65.9 cm³/mol. The smallest absolute Gasteiger partial charge is 0.337 e. The number of carbonyl (C=O) groups is 1. The Bertz CT molecular complexity index is 543. The van der Waals surface area contributed by atoms with Crippen LogP contribution in [0.3, 0.4) is 0 Å². The highest BCUT2D eigenvalue weighted by atomic mass is 35.5. The Morgan fingerprint density at radius 3 is 2.59 bits per heavy atom. The molecule has 0 bridgehead atoms. The molecule has 0 saturated carbocycles. The van der Waals surface area contributed by atoms with Crippen molar-refractivity contribution in [2.24, 2.45) is 0 Å². The number of aromatic nitrogens is 1. The van der Waals surface area contributed by atoms with Crippen molar-refractivity contribution in [3.63, 3.8) is 0 Å². The van der Waals surface area contributed by atoms with Crippen LogP contribution in [0.2, 0.25) is 5.02 Å². The van der Waals surface area contributed by atoms with Crippen molar-refractivity contribution in [3.8, 4) is 0 Å². The fourth-order valence-electron chi connectivity index (χ4n) is 1.41. The Labute approximate surface area is 103 Å². The van der Waals surface area contributed by atoms with Gasteiger partial charge in [-0.1, -0.05) is 17.7 Å². The molecule has 0 saturated heterocycles. The van der Waals surface area contributed by atoms with Gasteiger partial charge in [0.15, 0.2) is 0 Å². The number of rotatable bonds is 3. The van der Waals surface area contributed by atoms with Crippen LogP contribution in [0.5, 0.6) is 0 Å². The van der Waals surface area contributed by atoms with E-state index in [1.54, 1.807) is 36.7 Å². The van der Waals surface area contributed by atoms with Gasteiger partial charge in [-0.15, -0.1) is 0 Å². The van der Waals surface area contributed by atoms with E-state index in [1.165, 1.54) is 6.07 Å². The summed E-state index contributed by atoms with van der Waals surface area (Å²) in [6, 6.07) is 8.20. The van der Waals surface area contributed by atoms with Gasteiger partial charge in [-0.2, -0.15) is 0 Å². The highest BCUT2D eigenvalue weighted by Crippen LogP contribution is 2.28. The van der Waals surface area contributed by atoms with Crippen molar-refractivity contribution in [1.29, 1.82) is 0 Å². The molecule has 0 unspecified atom stereocenters. The SMILES string of the molecule is O=C(O)c1cccc(Cl)c1Nc1ccncc1. The van der Waals surface area contributed by atoms with Gasteiger partial charge in [0, 0.05) is 18.1 Å². The molecule has 1 aromatic carbocycles. The summed E-state index contributed by atoms with van der Waals surface area (Å²) in [7, 11) is 0. The van der Waals surface area contributed by atoms with Gasteiger partial charge in [-0.05, 0) is 24.3 Å². The van der Waals surface area contributed by atoms with Gasteiger partial charge in [0.1, 0.15) is 0 Å². The molecule has 0 aliphatic carbocycles. The molecule has 17 heavy (non-hydrogen) atoms. The third-order valence-corrected chi connectivity index (χ3v) is 2.51. The Balaban J connectivity index is 2.41. The van der Waals surface area contributed by atoms with Crippen molar-refractivity contribution in [2.75, 3.05) is 5.32 Å². The van der Waals surface area contributed by atoms with Crippen molar-refractivity contribution in [3.05, 3.63) is 53.3 Å². The van der Waals surface area contributed by atoms with Gasteiger partial charge in [0.05, 0.1) is 16.3 Å². The van der Waals surface area contributed by atoms with E-state index < -0.39 is 5.97 Å². The van der Waals surface area contributed by atoms with Gasteiger partial charge in [-0.3, -0.25) is 4.98 Å². The molecular weight excluding hydrogens is 240 g/mol. The van der Waals surface area contributed by atoms with Crippen molar-refractivity contribution >= 4 is 28.9 Å². The lowest BCUT2D eigenvalue weighted by Gasteiger charge is -2.10. The Morgan fingerprint density at radius 2 is 1.94 bits per heavy atom. The summed E-state index contributed by atoms with van der Waals surface area (Å²) >= 11 is 5.98. The van der Waals surface area contributed by atoms with E-state index in [0.29, 0.717) is 10.7 Å². The Hall–Kier alpha value is -2.07. The number of carboxylic acid groups (broad SMARTS) is 1. The van der Waals surface area contributed by atoms with Crippen LogP contribution in [-0.4, -0.2) is 16.1 Å². The monoisotopic (exact) mass is 248 g/mol. The molecule has 0 radical (unpaired) electrons. The lowest BCUT2D eigenvalue weighted by molar-refractivity contribution is 0.0698. The third-order valence-electron chi connectivity index (χ3n) is 2.19. The van der Waals surface area contributed by atoms with Gasteiger partial charge < -0.3 is 10.4 Å². The zero-order chi connectivity index (χ0) is 12.3. The summed E-state index contributed by atoms with van der Waals surface area (Å²) < 4.78 is 0. The fourth-order valence-corrected chi connectivity index (χ4v) is 1.63. The third kappa shape index (κ3) is 2.54. The van der Waals surface area contributed by atoms with Gasteiger partial charge in [0.2, 0.25) is 0 Å². The van der Waals surface area contributed by atoms with E-state index in [1.807, 2.05) is 0 Å². The second-order valence-corrected chi connectivity index (χ2v) is 3.74. The maximum absolute atomic E-state index is 11.1. The summed E-state index contributed by atoms with van der Waals surface area (Å²) in [5.74, 6) is -1.02. The molecule has 0 atom stereocenters. The summed E-state index contributed by atoms with van der Waals surface area (Å²) in [6.07, 6.45) is 3.22. The molecule has 1 aromatic heterocycles. The summed E-state index contributed by atoms with van der Waals surface area (Å²) in [4.78, 5) is 14.9. The lowest BCUT2D eigenvalue weighted by atomic mass is 10.1. The first kappa shape index (κ1) is 11.4. The number of halogens is 1. The second-order valence-electron chi connectivity index (χ2n) is 3.33. The van der Waals surface area contributed by atoms with Crippen LogP contribution in [0.15, 0.2) is 42.7 Å². The molecule has 0 fully saturated rings. The zero-order valence-electron chi connectivity index (χ0n) is 8.72. The molecule has 4 nitrogen and oxygen atoms in total. The van der Waals surface area contributed by atoms with E-state index in [-0.39, 0.29) is 5.56 Å². The van der Waals surface area contributed by atoms with Crippen molar-refractivity contribution in [1.82, 2.24) is 4.98 Å². The van der Waals surface area contributed by atoms with Crippen LogP contribution in [-0.2, 0) is 0 Å². The van der Waals surface area contributed by atoms with Crippen molar-refractivity contribution in [2.45, 2.75) is 0 Å². The minimum Gasteiger partial charge on any atom is -0.478 e. The molecule has 0 amide bonds. The number of anilines is 2. The van der Waals surface area contributed by atoms with Crippen molar-refractivity contribution < 1.29 is 9.90 Å². The molecule has 2 N–H and O–H groups in total. The first-order chi connectivity index (χ1) is 8.18. The molecule has 86 valence electrons. The zero-order valence-corrected chi connectivity index (χ0v) is 9.48. The highest BCUT2D eigenvalue weighted by Gasteiger charge is 2.12. The number of hydrogen-bond acceptors (Lipinski definition) is 3. The molecule has 2 aromatic rings. The average Bonchev–Trinajstić information content (AvgIpc) is 2.33. The number of aromatic carboxylic acids is 1. The minimum atomic E-state index is -1.02. The number of pyridine rings is 1. The molecule has 0 spiro atoms. The van der Waals surface area contributed by atoms with E-state index in [4.69, 9.17) is 16.7 Å². The molecule has 5 heteroatoms. The largest absolute Gasteiger partial charge is 0.478 e. The second kappa shape index (κ2) is 4.84. The Kier molecular flexibility index (Phi) is 3.25. The number of nitrogens with zero attached hydrogens (tertiary/aromatic N) is 1. The predicted octanol–water partition coefficient (Wildman–Crippen LogP) is 3.18. The average molecular weight is 249 g/mol. The first-order valence-corrected chi connectivity index (χ1v) is 5.25. The Morgan fingerprint density at radius 1 is 1.24 bits per heavy atom. The number of benzene rings is 1. The molecule has 0 aliphatic heterocycles. The number of hydrogen-bond donors (Lipinski definition) is 2. The van der Waals surface area contributed by atoms with Gasteiger partial charge >= 0.3 is 5.97 Å². The lowest BCUT2D eigenvalue weighted by Crippen LogP contribution is -2.03. The first-order valence-electron chi connectivity index (χ1n) is 4.87. The number of nitrogens with one attached hydrogen (secondary N) is 1. The molecule has 1 heterocycles. The highest BCUT2D eigenvalue weighted by molar-refractivity contribution is 6.34. The van der Waals surface area contributed by atoms with E-state index in [9.17, 15) is 4.79 Å². The maximum atomic E-state index is 11.1. The van der Waals surface area contributed by atoms with Crippen LogP contribution in [0.1, 0.15) is 10.4 Å². The normalized spacial score (nSPS) is 9.94. The van der Waals surface area contributed by atoms with Crippen LogP contribution in [0, 0.1) is 0 Å². The summed E-state index contributed by atoms with van der Waals surface area (Å²) in [5, 5.41) is 12.4. The van der Waals surface area contributed by atoms with E-state index >= 15 is 0 Å². The summed E-state index contributed by atoms with van der Waals surface area (Å²) in [5.41, 5.74) is 1.25. The topological polar surface area (TPSA) is 62.2 Å². The van der Waals surface area contributed by atoms with Crippen LogP contribution < -0.4 is 5.32 Å². The molecular formula is C12H9ClN2O2. The molecule has 2 rings (SSSR count). The maximum Gasteiger partial charge on any atom is 0.337 e. The standard InChI is InChI=1S/C12H9ClN2O2/c13-10-3-1-2-9(12(16)17)11(10)15-8-4-6-14-7-5-8/h1-7H,(H,14,15)(H,16,17). The number of carboxylic acids is 1. The quantitative estimate of drug-likeness (QED) is 0.876. The number of para-hydroxylation sites is 1.